The molecule has 0 aromatic heterocycles. The lowest BCUT2D eigenvalue weighted by molar-refractivity contribution is 0.243. The summed E-state index contributed by atoms with van der Waals surface area (Å²) in [6, 6.07) is 4.74. The second-order valence-corrected chi connectivity index (χ2v) is 6.05. The largest absolute Gasteiger partial charge is 0.314 e. The normalized spacial score (nSPS) is 20.3. The average Bonchev–Trinajstić information content (AvgIpc) is 2.48. The van der Waals surface area contributed by atoms with Crippen molar-refractivity contribution in [3.05, 3.63) is 34.4 Å². The van der Waals surface area contributed by atoms with Gasteiger partial charge in [-0.1, -0.05) is 12.1 Å². The molecule has 2 heteroatoms. The van der Waals surface area contributed by atoms with Crippen LogP contribution >= 0.6 is 0 Å². The molecule has 0 unspecified atom stereocenters. The van der Waals surface area contributed by atoms with E-state index in [0.717, 1.165) is 13.1 Å². The molecule has 1 aromatic rings. The van der Waals surface area contributed by atoms with Crippen LogP contribution < -0.4 is 5.32 Å². The molecule has 0 atom stereocenters. The minimum absolute atomic E-state index is 1.16. The van der Waals surface area contributed by atoms with Gasteiger partial charge in [0.2, 0.25) is 0 Å². The summed E-state index contributed by atoms with van der Waals surface area (Å²) >= 11 is 0. The minimum Gasteiger partial charge on any atom is -0.314 e. The summed E-state index contributed by atoms with van der Waals surface area (Å²) in [5.41, 5.74) is 6.50. The maximum Gasteiger partial charge on any atom is 0.0108 e. The van der Waals surface area contributed by atoms with Crippen LogP contribution in [0.15, 0.2) is 12.1 Å². The summed E-state index contributed by atoms with van der Waals surface area (Å²) < 4.78 is 0. The third-order valence-electron chi connectivity index (χ3n) is 4.77. The number of benzene rings is 1. The van der Waals surface area contributed by atoms with Gasteiger partial charge < -0.3 is 10.2 Å². The van der Waals surface area contributed by atoms with Crippen LogP contribution in [-0.4, -0.2) is 37.6 Å². The van der Waals surface area contributed by atoms with Crippen molar-refractivity contribution in [1.29, 1.82) is 0 Å². The number of piperazine rings is 1. The highest BCUT2D eigenvalue weighted by atomic mass is 15.2. The Hall–Kier alpha value is -0.860. The molecule has 1 fully saturated rings. The van der Waals surface area contributed by atoms with Crippen molar-refractivity contribution in [2.45, 2.75) is 39.0 Å². The lowest BCUT2D eigenvalue weighted by atomic mass is 9.84. The molecule has 2 aliphatic rings. The molecule has 0 saturated carbocycles. The zero-order valence-corrected chi connectivity index (χ0v) is 12.2. The third kappa shape index (κ3) is 3.01. The van der Waals surface area contributed by atoms with E-state index in [0.29, 0.717) is 0 Å². The lowest BCUT2D eigenvalue weighted by Gasteiger charge is -2.28. The number of hydrogen-bond acceptors (Lipinski definition) is 2. The molecule has 1 N–H and O–H groups in total. The van der Waals surface area contributed by atoms with E-state index in [1.165, 1.54) is 57.3 Å². The number of rotatable bonds is 3. The Labute approximate surface area is 117 Å². The van der Waals surface area contributed by atoms with E-state index in [4.69, 9.17) is 0 Å². The molecule has 104 valence electrons. The zero-order chi connectivity index (χ0) is 13.1. The van der Waals surface area contributed by atoms with Gasteiger partial charge in [-0.05, 0) is 61.3 Å². The maximum atomic E-state index is 3.43. The van der Waals surface area contributed by atoms with Crippen LogP contribution in [0.3, 0.4) is 0 Å². The van der Waals surface area contributed by atoms with E-state index in [2.05, 4.69) is 29.3 Å². The molecule has 0 radical (unpaired) electrons. The summed E-state index contributed by atoms with van der Waals surface area (Å²) in [7, 11) is 0. The number of hydrogen-bond donors (Lipinski definition) is 1. The van der Waals surface area contributed by atoms with E-state index in [1.54, 1.807) is 16.7 Å². The van der Waals surface area contributed by atoms with Crippen molar-refractivity contribution in [3.63, 3.8) is 0 Å². The van der Waals surface area contributed by atoms with Crippen LogP contribution in [0.1, 0.15) is 35.1 Å². The molecule has 1 saturated heterocycles. The van der Waals surface area contributed by atoms with Gasteiger partial charge in [0.05, 0.1) is 0 Å². The van der Waals surface area contributed by atoms with Gasteiger partial charge in [0, 0.05) is 32.7 Å². The van der Waals surface area contributed by atoms with Crippen molar-refractivity contribution in [2.75, 3.05) is 32.7 Å². The van der Waals surface area contributed by atoms with Gasteiger partial charge in [0.25, 0.3) is 0 Å². The monoisotopic (exact) mass is 258 g/mol. The van der Waals surface area contributed by atoms with Gasteiger partial charge >= 0.3 is 0 Å². The Morgan fingerprint density at radius 3 is 2.58 bits per heavy atom. The molecule has 0 amide bonds. The molecule has 3 rings (SSSR count). The highest BCUT2D eigenvalue weighted by Crippen LogP contribution is 2.27. The number of nitrogens with one attached hydrogen (secondary N) is 1. The highest BCUT2D eigenvalue weighted by molar-refractivity contribution is 5.42. The molecule has 0 bridgehead atoms. The SMILES string of the molecule is Cc1ccc(CCN2CCNCC2)c2c1CCCC2. The first-order valence-corrected chi connectivity index (χ1v) is 7.88. The predicted molar refractivity (Wildman–Crippen MR) is 80.8 cm³/mol. The summed E-state index contributed by atoms with van der Waals surface area (Å²) in [4.78, 5) is 2.60. The molecule has 1 heterocycles. The van der Waals surface area contributed by atoms with Gasteiger partial charge in [0.1, 0.15) is 0 Å². The van der Waals surface area contributed by atoms with E-state index in [1.807, 2.05) is 0 Å². The van der Waals surface area contributed by atoms with E-state index < -0.39 is 0 Å². The highest BCUT2D eigenvalue weighted by Gasteiger charge is 2.16. The average molecular weight is 258 g/mol. The third-order valence-corrected chi connectivity index (χ3v) is 4.77. The summed E-state index contributed by atoms with van der Waals surface area (Å²) in [5, 5.41) is 3.43. The molecule has 2 nitrogen and oxygen atoms in total. The van der Waals surface area contributed by atoms with Crippen LogP contribution in [0.5, 0.6) is 0 Å². The van der Waals surface area contributed by atoms with Crippen molar-refractivity contribution < 1.29 is 0 Å². The molecule has 1 aliphatic carbocycles. The standard InChI is InChI=1S/C17H26N2/c1-14-6-7-15(17-5-3-2-4-16(14)17)8-11-19-12-9-18-10-13-19/h6-7,18H,2-5,8-13H2,1H3. The first-order valence-electron chi connectivity index (χ1n) is 7.88. The second kappa shape index (κ2) is 6.06. The smallest absolute Gasteiger partial charge is 0.0108 e. The Balaban J connectivity index is 1.70. The van der Waals surface area contributed by atoms with Crippen LogP contribution in [0, 0.1) is 6.92 Å². The van der Waals surface area contributed by atoms with Crippen LogP contribution in [0.4, 0.5) is 0 Å². The van der Waals surface area contributed by atoms with Crippen molar-refractivity contribution in [2.24, 2.45) is 0 Å². The van der Waals surface area contributed by atoms with Gasteiger partial charge in [0.15, 0.2) is 0 Å². The van der Waals surface area contributed by atoms with Gasteiger partial charge in [-0.25, -0.2) is 0 Å². The Kier molecular flexibility index (Phi) is 4.19. The zero-order valence-electron chi connectivity index (χ0n) is 12.2. The molecule has 1 aliphatic heterocycles. The fraction of sp³-hybridized carbons (Fsp3) is 0.647. The quantitative estimate of drug-likeness (QED) is 0.895. The number of aryl methyl sites for hydroxylation is 1. The second-order valence-electron chi connectivity index (χ2n) is 6.05. The van der Waals surface area contributed by atoms with Gasteiger partial charge in [-0.15, -0.1) is 0 Å². The Morgan fingerprint density at radius 1 is 1.05 bits per heavy atom. The predicted octanol–water partition coefficient (Wildman–Crippen LogP) is 2.32. The van der Waals surface area contributed by atoms with Crippen molar-refractivity contribution in [3.8, 4) is 0 Å². The lowest BCUT2D eigenvalue weighted by Crippen LogP contribution is -2.44. The van der Waals surface area contributed by atoms with E-state index in [9.17, 15) is 0 Å². The summed E-state index contributed by atoms with van der Waals surface area (Å²) in [5.74, 6) is 0. The molecule has 19 heavy (non-hydrogen) atoms. The Bertz CT molecular complexity index is 433. The molecule has 0 spiro atoms. The first-order chi connectivity index (χ1) is 9.34. The number of fused-ring (bicyclic) bond motifs is 1. The molecular formula is C17H26N2. The number of nitrogens with zero attached hydrogens (tertiary/aromatic N) is 1. The van der Waals surface area contributed by atoms with Gasteiger partial charge in [-0.2, -0.15) is 0 Å². The van der Waals surface area contributed by atoms with E-state index >= 15 is 0 Å². The van der Waals surface area contributed by atoms with Gasteiger partial charge in [-0.3, -0.25) is 0 Å². The van der Waals surface area contributed by atoms with Crippen LogP contribution in [0.25, 0.3) is 0 Å². The van der Waals surface area contributed by atoms with Crippen molar-refractivity contribution >= 4 is 0 Å². The van der Waals surface area contributed by atoms with E-state index in [-0.39, 0.29) is 0 Å². The Morgan fingerprint density at radius 2 is 1.79 bits per heavy atom. The fourth-order valence-corrected chi connectivity index (χ4v) is 3.57. The molecule has 1 aromatic carbocycles. The summed E-state index contributed by atoms with van der Waals surface area (Å²) in [6.45, 7) is 8.27. The van der Waals surface area contributed by atoms with Crippen molar-refractivity contribution in [1.82, 2.24) is 10.2 Å². The fourth-order valence-electron chi connectivity index (χ4n) is 3.57. The topological polar surface area (TPSA) is 15.3 Å². The maximum absolute atomic E-state index is 3.43. The summed E-state index contributed by atoms with van der Waals surface area (Å²) in [6.07, 6.45) is 6.63. The molecular weight excluding hydrogens is 232 g/mol. The van der Waals surface area contributed by atoms with Crippen LogP contribution in [0.2, 0.25) is 0 Å². The van der Waals surface area contributed by atoms with Crippen LogP contribution in [-0.2, 0) is 19.3 Å². The first kappa shape index (κ1) is 13.1. The minimum atomic E-state index is 1.16.